The predicted octanol–water partition coefficient (Wildman–Crippen LogP) is 5.41. The fraction of sp³-hybridized carbons (Fsp3) is 0.500. The summed E-state index contributed by atoms with van der Waals surface area (Å²) in [6, 6.07) is 16.8. The Morgan fingerprint density at radius 2 is 1.67 bits per heavy atom. The van der Waals surface area contributed by atoms with Crippen LogP contribution in [0.3, 0.4) is 0 Å². The number of rotatable bonds is 7. The third-order valence-electron chi connectivity index (χ3n) is 6.45. The highest BCUT2D eigenvalue weighted by atomic mass is 16.2. The second kappa shape index (κ2) is 9.98. The molecule has 0 spiro atoms. The van der Waals surface area contributed by atoms with E-state index in [1.54, 1.807) is 0 Å². The molecule has 0 unspecified atom stereocenters. The van der Waals surface area contributed by atoms with Crippen molar-refractivity contribution in [3.63, 3.8) is 0 Å². The van der Waals surface area contributed by atoms with Crippen molar-refractivity contribution >= 4 is 23.2 Å². The number of nitrogens with zero attached hydrogens (tertiary/aromatic N) is 1. The molecular weight excluding hydrogens is 410 g/mol. The Morgan fingerprint density at radius 3 is 2.30 bits per heavy atom. The summed E-state index contributed by atoms with van der Waals surface area (Å²) in [6.45, 7) is 8.02. The van der Waals surface area contributed by atoms with E-state index in [-0.39, 0.29) is 17.2 Å². The first-order chi connectivity index (χ1) is 15.8. The van der Waals surface area contributed by atoms with Crippen LogP contribution in [-0.2, 0) is 11.2 Å². The number of piperidine rings is 1. The average molecular weight is 448 g/mol. The molecule has 33 heavy (non-hydrogen) atoms. The van der Waals surface area contributed by atoms with Crippen LogP contribution >= 0.6 is 0 Å². The van der Waals surface area contributed by atoms with E-state index in [1.807, 2.05) is 39.0 Å². The second-order valence-electron chi connectivity index (χ2n) is 10.9. The average Bonchev–Trinajstić information content (AvgIpc) is 3.58. The highest BCUT2D eigenvalue weighted by Crippen LogP contribution is 2.31. The molecule has 0 atom stereocenters. The van der Waals surface area contributed by atoms with Crippen molar-refractivity contribution in [2.45, 2.75) is 65.3 Å². The Kier molecular flexibility index (Phi) is 7.06. The van der Waals surface area contributed by atoms with E-state index < -0.39 is 0 Å². The molecule has 1 heterocycles. The van der Waals surface area contributed by atoms with Crippen molar-refractivity contribution in [1.82, 2.24) is 5.32 Å². The maximum atomic E-state index is 13.1. The van der Waals surface area contributed by atoms with Crippen LogP contribution in [0, 0.1) is 11.3 Å². The van der Waals surface area contributed by atoms with Crippen molar-refractivity contribution in [3.05, 3.63) is 59.7 Å². The van der Waals surface area contributed by atoms with Gasteiger partial charge in [-0.25, -0.2) is 0 Å². The first-order valence-corrected chi connectivity index (χ1v) is 12.3. The molecule has 2 aliphatic rings. The van der Waals surface area contributed by atoms with Crippen molar-refractivity contribution in [2.75, 3.05) is 23.3 Å². The first-order valence-electron chi connectivity index (χ1n) is 12.3. The summed E-state index contributed by atoms with van der Waals surface area (Å²) in [5, 5.41) is 6.12. The normalized spacial score (nSPS) is 17.0. The van der Waals surface area contributed by atoms with Gasteiger partial charge in [0.1, 0.15) is 0 Å². The zero-order chi connectivity index (χ0) is 23.4. The molecule has 5 heteroatoms. The van der Waals surface area contributed by atoms with Gasteiger partial charge >= 0.3 is 0 Å². The Bertz CT molecular complexity index is 968. The van der Waals surface area contributed by atoms with E-state index in [0.717, 1.165) is 50.9 Å². The molecule has 0 bridgehead atoms. The summed E-state index contributed by atoms with van der Waals surface area (Å²) in [5.74, 6) is 0.611. The summed E-state index contributed by atoms with van der Waals surface area (Å²) in [4.78, 5) is 27.9. The van der Waals surface area contributed by atoms with E-state index >= 15 is 0 Å². The van der Waals surface area contributed by atoms with Crippen molar-refractivity contribution in [3.8, 4) is 0 Å². The maximum Gasteiger partial charge on any atom is 0.253 e. The summed E-state index contributed by atoms with van der Waals surface area (Å²) in [5.41, 5.74) is 3.64. The Morgan fingerprint density at radius 1 is 0.970 bits per heavy atom. The van der Waals surface area contributed by atoms with E-state index in [0.29, 0.717) is 29.6 Å². The van der Waals surface area contributed by atoms with Crippen LogP contribution in [0.1, 0.15) is 68.8 Å². The van der Waals surface area contributed by atoms with Gasteiger partial charge in [-0.1, -0.05) is 51.1 Å². The molecule has 1 aliphatic heterocycles. The van der Waals surface area contributed by atoms with Gasteiger partial charge in [0.15, 0.2) is 0 Å². The number of hydrogen-bond acceptors (Lipinski definition) is 3. The maximum absolute atomic E-state index is 13.1. The second-order valence-corrected chi connectivity index (χ2v) is 10.9. The van der Waals surface area contributed by atoms with Gasteiger partial charge in [0, 0.05) is 36.9 Å². The fourth-order valence-electron chi connectivity index (χ4n) is 4.57. The third kappa shape index (κ3) is 6.83. The largest absolute Gasteiger partial charge is 0.371 e. The lowest BCUT2D eigenvalue weighted by Crippen LogP contribution is -2.36. The van der Waals surface area contributed by atoms with Crippen LogP contribution in [0.5, 0.6) is 0 Å². The summed E-state index contributed by atoms with van der Waals surface area (Å²) >= 11 is 0. The van der Waals surface area contributed by atoms with Gasteiger partial charge in [0.25, 0.3) is 5.91 Å². The number of nitrogens with one attached hydrogen (secondary N) is 2. The minimum Gasteiger partial charge on any atom is -0.371 e. The van der Waals surface area contributed by atoms with Crippen molar-refractivity contribution in [2.24, 2.45) is 11.3 Å². The van der Waals surface area contributed by atoms with E-state index in [1.165, 1.54) is 5.56 Å². The molecule has 2 aromatic rings. The van der Waals surface area contributed by atoms with Crippen LogP contribution in [0.25, 0.3) is 0 Å². The Labute approximate surface area is 197 Å². The van der Waals surface area contributed by atoms with Gasteiger partial charge in [-0.15, -0.1) is 0 Å². The molecule has 2 N–H and O–H groups in total. The molecule has 0 aromatic heterocycles. The standard InChI is InChI=1S/C28H37N3O2/c1-28(2,3)19-26(32)29-23-11-12-25(24(18-23)27(33)30-22-9-10-22)31-15-13-21(14-16-31)17-20-7-5-4-6-8-20/h4-8,11-12,18,21-22H,9-10,13-17,19H2,1-3H3,(H,29,32)(H,30,33). The third-order valence-corrected chi connectivity index (χ3v) is 6.45. The van der Waals surface area contributed by atoms with Crippen LogP contribution in [0.2, 0.25) is 0 Å². The Balaban J connectivity index is 1.46. The molecule has 1 saturated heterocycles. The number of hydrogen-bond donors (Lipinski definition) is 2. The molecule has 2 fully saturated rings. The molecule has 5 nitrogen and oxygen atoms in total. The van der Waals surface area contributed by atoms with Gasteiger partial charge in [-0.05, 0) is 67.2 Å². The quantitative estimate of drug-likeness (QED) is 0.596. The van der Waals surface area contributed by atoms with Crippen LogP contribution < -0.4 is 15.5 Å². The molecule has 0 radical (unpaired) electrons. The number of anilines is 2. The van der Waals surface area contributed by atoms with E-state index in [9.17, 15) is 9.59 Å². The van der Waals surface area contributed by atoms with E-state index in [2.05, 4.69) is 45.9 Å². The molecule has 4 rings (SSSR count). The van der Waals surface area contributed by atoms with Crippen LogP contribution in [0.4, 0.5) is 11.4 Å². The number of carbonyl (C=O) groups excluding carboxylic acids is 2. The fourth-order valence-corrected chi connectivity index (χ4v) is 4.57. The monoisotopic (exact) mass is 447 g/mol. The first kappa shape index (κ1) is 23.3. The van der Waals surface area contributed by atoms with Crippen molar-refractivity contribution in [1.29, 1.82) is 0 Å². The number of benzene rings is 2. The van der Waals surface area contributed by atoms with E-state index in [4.69, 9.17) is 0 Å². The lowest BCUT2D eigenvalue weighted by Gasteiger charge is -2.35. The van der Waals surface area contributed by atoms with Crippen LogP contribution in [0.15, 0.2) is 48.5 Å². The smallest absolute Gasteiger partial charge is 0.253 e. The SMILES string of the molecule is CC(C)(C)CC(=O)Nc1ccc(N2CCC(Cc3ccccc3)CC2)c(C(=O)NC2CC2)c1. The molecule has 1 aliphatic carbocycles. The molecule has 2 aromatic carbocycles. The molecule has 2 amide bonds. The van der Waals surface area contributed by atoms with Gasteiger partial charge in [0.05, 0.1) is 5.56 Å². The lowest BCUT2D eigenvalue weighted by atomic mass is 9.89. The lowest BCUT2D eigenvalue weighted by molar-refractivity contribution is -0.117. The minimum atomic E-state index is -0.0830. The number of carbonyl (C=O) groups is 2. The zero-order valence-corrected chi connectivity index (χ0v) is 20.2. The molecule has 176 valence electrons. The van der Waals surface area contributed by atoms with Crippen molar-refractivity contribution < 1.29 is 9.59 Å². The predicted molar refractivity (Wildman–Crippen MR) is 135 cm³/mol. The highest BCUT2D eigenvalue weighted by Gasteiger charge is 2.28. The zero-order valence-electron chi connectivity index (χ0n) is 20.2. The summed E-state index contributed by atoms with van der Waals surface area (Å²) in [7, 11) is 0. The van der Waals surface area contributed by atoms with Crippen LogP contribution in [-0.4, -0.2) is 30.9 Å². The molecule has 1 saturated carbocycles. The van der Waals surface area contributed by atoms with Gasteiger partial charge in [0.2, 0.25) is 5.91 Å². The van der Waals surface area contributed by atoms with Gasteiger partial charge < -0.3 is 15.5 Å². The summed E-state index contributed by atoms with van der Waals surface area (Å²) in [6.07, 6.45) is 5.88. The Hall–Kier alpha value is -2.82. The van der Waals surface area contributed by atoms with Gasteiger partial charge in [-0.2, -0.15) is 0 Å². The topological polar surface area (TPSA) is 61.4 Å². The van der Waals surface area contributed by atoms with Gasteiger partial charge in [-0.3, -0.25) is 9.59 Å². The minimum absolute atomic E-state index is 0.0227. The summed E-state index contributed by atoms with van der Waals surface area (Å²) < 4.78 is 0. The highest BCUT2D eigenvalue weighted by molar-refractivity contribution is 6.02. The number of amides is 2. The molecular formula is C28H37N3O2.